The van der Waals surface area contributed by atoms with Gasteiger partial charge in [-0.15, -0.1) is 0 Å². The summed E-state index contributed by atoms with van der Waals surface area (Å²) in [5.41, 5.74) is -0.182. The molecule has 3 rings (SSSR count). The Morgan fingerprint density at radius 3 is 2.62 bits per heavy atom. The minimum atomic E-state index is -0.433. The van der Waals surface area contributed by atoms with Gasteiger partial charge in [-0.3, -0.25) is 9.59 Å². The van der Waals surface area contributed by atoms with E-state index in [9.17, 15) is 9.59 Å². The minimum absolute atomic E-state index is 0.148. The lowest BCUT2D eigenvalue weighted by molar-refractivity contribution is 0.102. The third-order valence-electron chi connectivity index (χ3n) is 2.88. The molecule has 0 unspecified atom stereocenters. The number of aromatic nitrogens is 3. The van der Waals surface area contributed by atoms with Crippen LogP contribution < -0.4 is 10.9 Å². The molecule has 21 heavy (non-hydrogen) atoms. The number of amides is 1. The first-order chi connectivity index (χ1) is 10.1. The van der Waals surface area contributed by atoms with Gasteiger partial charge >= 0.3 is 0 Å². The number of hydrogen-bond acceptors (Lipinski definition) is 4. The van der Waals surface area contributed by atoms with Crippen LogP contribution in [0.1, 0.15) is 10.5 Å². The molecule has 2 N–H and O–H groups in total. The van der Waals surface area contributed by atoms with Gasteiger partial charge in [0.05, 0.1) is 5.39 Å². The highest BCUT2D eigenvalue weighted by atomic mass is 79.9. The van der Waals surface area contributed by atoms with Gasteiger partial charge in [0.2, 0.25) is 0 Å². The molecule has 6 nitrogen and oxygen atoms in total. The Hall–Kier alpha value is -2.54. The normalized spacial score (nSPS) is 10.5. The number of rotatable bonds is 2. The number of fused-ring (bicyclic) bond motifs is 1. The van der Waals surface area contributed by atoms with E-state index >= 15 is 0 Å². The predicted octanol–water partition coefficient (Wildman–Crippen LogP) is 2.33. The average Bonchev–Trinajstić information content (AvgIpc) is 2.50. The first kappa shape index (κ1) is 13.4. The van der Waals surface area contributed by atoms with Crippen LogP contribution in [-0.4, -0.2) is 21.1 Å². The van der Waals surface area contributed by atoms with Crippen LogP contribution in [0.3, 0.4) is 0 Å². The molecular formula is C14H9BrN4O2. The van der Waals surface area contributed by atoms with E-state index in [4.69, 9.17) is 0 Å². The summed E-state index contributed by atoms with van der Waals surface area (Å²) in [6.45, 7) is 0. The van der Waals surface area contributed by atoms with Crippen LogP contribution in [0.15, 0.2) is 51.9 Å². The van der Waals surface area contributed by atoms with Gasteiger partial charge in [0.1, 0.15) is 5.82 Å². The maximum Gasteiger partial charge on any atom is 0.277 e. The molecule has 2 aromatic heterocycles. The van der Waals surface area contributed by atoms with Crippen molar-refractivity contribution in [3.05, 3.63) is 63.1 Å². The van der Waals surface area contributed by atoms with Crippen LogP contribution in [0.25, 0.3) is 10.8 Å². The number of benzene rings is 1. The van der Waals surface area contributed by atoms with E-state index < -0.39 is 5.91 Å². The maximum absolute atomic E-state index is 12.3. The van der Waals surface area contributed by atoms with E-state index in [1.165, 1.54) is 0 Å². The summed E-state index contributed by atoms with van der Waals surface area (Å²) < 4.78 is 0.813. The highest BCUT2D eigenvalue weighted by Crippen LogP contribution is 2.15. The number of anilines is 1. The predicted molar refractivity (Wildman–Crippen MR) is 82.3 cm³/mol. The van der Waals surface area contributed by atoms with Crippen LogP contribution in [-0.2, 0) is 0 Å². The topological polar surface area (TPSA) is 87.7 Å². The molecule has 0 aliphatic carbocycles. The van der Waals surface area contributed by atoms with Gasteiger partial charge in [0.25, 0.3) is 11.5 Å². The number of nitrogens with one attached hydrogen (secondary N) is 2. The second-order valence-corrected chi connectivity index (χ2v) is 5.18. The van der Waals surface area contributed by atoms with Crippen molar-refractivity contribution in [2.24, 2.45) is 0 Å². The summed E-state index contributed by atoms with van der Waals surface area (Å²) in [5, 5.41) is 9.71. The highest BCUT2D eigenvalue weighted by Gasteiger charge is 2.14. The molecular weight excluding hydrogens is 336 g/mol. The molecule has 0 atom stereocenters. The van der Waals surface area contributed by atoms with Crippen molar-refractivity contribution in [1.29, 1.82) is 0 Å². The molecule has 104 valence electrons. The zero-order valence-electron chi connectivity index (χ0n) is 10.6. The van der Waals surface area contributed by atoms with Gasteiger partial charge in [-0.1, -0.05) is 18.2 Å². The number of hydrogen-bond donors (Lipinski definition) is 2. The van der Waals surface area contributed by atoms with Gasteiger partial charge in [0.15, 0.2) is 5.69 Å². The number of aromatic amines is 1. The Bertz CT molecular complexity index is 874. The van der Waals surface area contributed by atoms with Crippen molar-refractivity contribution in [3.63, 3.8) is 0 Å². The third kappa shape index (κ3) is 2.68. The van der Waals surface area contributed by atoms with Gasteiger partial charge in [0, 0.05) is 16.1 Å². The number of nitrogens with zero attached hydrogens (tertiary/aromatic N) is 2. The second kappa shape index (κ2) is 5.45. The van der Waals surface area contributed by atoms with Crippen molar-refractivity contribution in [2.45, 2.75) is 0 Å². The lowest BCUT2D eigenvalue weighted by atomic mass is 10.1. The van der Waals surface area contributed by atoms with E-state index in [1.54, 1.807) is 42.6 Å². The van der Waals surface area contributed by atoms with Crippen LogP contribution >= 0.6 is 15.9 Å². The molecule has 0 bridgehead atoms. The molecule has 2 heterocycles. The Morgan fingerprint density at radius 1 is 1.14 bits per heavy atom. The molecule has 0 aliphatic heterocycles. The number of H-pyrrole nitrogens is 1. The molecule has 0 saturated heterocycles. The van der Waals surface area contributed by atoms with Crippen molar-refractivity contribution >= 4 is 38.4 Å². The van der Waals surface area contributed by atoms with Crippen LogP contribution in [0.5, 0.6) is 0 Å². The lowest BCUT2D eigenvalue weighted by Crippen LogP contribution is -2.19. The summed E-state index contributed by atoms with van der Waals surface area (Å²) in [6.07, 6.45) is 1.58. The Kier molecular flexibility index (Phi) is 3.49. The number of halogens is 1. The summed E-state index contributed by atoms with van der Waals surface area (Å²) in [6, 6.07) is 10.2. The number of pyridine rings is 1. The zero-order valence-corrected chi connectivity index (χ0v) is 12.2. The summed E-state index contributed by atoms with van der Waals surface area (Å²) in [4.78, 5) is 28.0. The Morgan fingerprint density at radius 2 is 1.90 bits per heavy atom. The second-order valence-electron chi connectivity index (χ2n) is 4.26. The molecule has 0 radical (unpaired) electrons. The van der Waals surface area contributed by atoms with Crippen LogP contribution in [0.2, 0.25) is 0 Å². The number of carbonyl (C=O) groups excluding carboxylic acids is 1. The molecule has 7 heteroatoms. The third-order valence-corrected chi connectivity index (χ3v) is 3.35. The summed E-state index contributed by atoms with van der Waals surface area (Å²) in [5.74, 6) is -0.0300. The Balaban J connectivity index is 2.00. The molecule has 3 aromatic rings. The van der Waals surface area contributed by atoms with E-state index in [2.05, 4.69) is 36.4 Å². The lowest BCUT2D eigenvalue weighted by Gasteiger charge is -2.06. The standard InChI is InChI=1S/C14H9BrN4O2/c15-8-5-6-11(16-7-8)17-14(21)12-9-3-1-2-4-10(9)13(20)19-18-12/h1-7H,(H,19,20)(H,16,17,21). The maximum atomic E-state index is 12.3. The fourth-order valence-electron chi connectivity index (χ4n) is 1.91. The molecule has 0 spiro atoms. The summed E-state index contributed by atoms with van der Waals surface area (Å²) in [7, 11) is 0. The first-order valence-electron chi connectivity index (χ1n) is 6.05. The largest absolute Gasteiger partial charge is 0.305 e. The van der Waals surface area contributed by atoms with Gasteiger partial charge in [-0.25, -0.2) is 10.1 Å². The molecule has 0 saturated carbocycles. The fourth-order valence-corrected chi connectivity index (χ4v) is 2.15. The first-order valence-corrected chi connectivity index (χ1v) is 6.85. The molecule has 1 amide bonds. The molecule has 0 aliphatic rings. The van der Waals surface area contributed by atoms with Crippen molar-refractivity contribution < 1.29 is 4.79 Å². The molecule has 0 fully saturated rings. The quantitative estimate of drug-likeness (QED) is 0.746. The SMILES string of the molecule is O=C(Nc1ccc(Br)cn1)c1n[nH]c(=O)c2ccccc12. The monoisotopic (exact) mass is 344 g/mol. The fraction of sp³-hybridized carbons (Fsp3) is 0. The van der Waals surface area contributed by atoms with E-state index in [0.29, 0.717) is 16.6 Å². The van der Waals surface area contributed by atoms with Crippen LogP contribution in [0, 0.1) is 0 Å². The smallest absolute Gasteiger partial charge is 0.277 e. The van der Waals surface area contributed by atoms with Crippen molar-refractivity contribution in [3.8, 4) is 0 Å². The van der Waals surface area contributed by atoms with E-state index in [1.807, 2.05) is 0 Å². The Labute approximate surface area is 127 Å². The van der Waals surface area contributed by atoms with Gasteiger partial charge in [-0.2, -0.15) is 5.10 Å². The zero-order chi connectivity index (χ0) is 14.8. The molecule has 1 aromatic carbocycles. The van der Waals surface area contributed by atoms with Crippen LogP contribution in [0.4, 0.5) is 5.82 Å². The number of carbonyl (C=O) groups is 1. The average molecular weight is 345 g/mol. The van der Waals surface area contributed by atoms with Gasteiger partial charge < -0.3 is 5.32 Å². The van der Waals surface area contributed by atoms with Gasteiger partial charge in [-0.05, 0) is 34.1 Å². The van der Waals surface area contributed by atoms with Crippen molar-refractivity contribution in [1.82, 2.24) is 15.2 Å². The van der Waals surface area contributed by atoms with Crippen molar-refractivity contribution in [2.75, 3.05) is 5.32 Å². The van der Waals surface area contributed by atoms with E-state index in [-0.39, 0.29) is 11.3 Å². The minimum Gasteiger partial charge on any atom is -0.305 e. The highest BCUT2D eigenvalue weighted by molar-refractivity contribution is 9.10. The van der Waals surface area contributed by atoms with E-state index in [0.717, 1.165) is 4.47 Å². The summed E-state index contributed by atoms with van der Waals surface area (Å²) >= 11 is 3.27.